The average molecular weight is 246 g/mol. The standard InChI is InChI=1S/C12H14N4O2/c13-9-3-1-5-14-11(9)15-6-7-16-12(17)10-4-2-8-18-10/h1-5,8H,6-7,13H2,(H,14,15)(H,16,17). The first kappa shape index (κ1) is 12.0. The summed E-state index contributed by atoms with van der Waals surface area (Å²) in [5, 5.41) is 5.74. The highest BCUT2D eigenvalue weighted by molar-refractivity contribution is 5.91. The lowest BCUT2D eigenvalue weighted by Gasteiger charge is -2.08. The van der Waals surface area contributed by atoms with Crippen molar-refractivity contribution in [1.82, 2.24) is 10.3 Å². The number of nitrogens with one attached hydrogen (secondary N) is 2. The van der Waals surface area contributed by atoms with Crippen molar-refractivity contribution in [1.29, 1.82) is 0 Å². The van der Waals surface area contributed by atoms with Gasteiger partial charge in [-0.15, -0.1) is 0 Å². The Balaban J connectivity index is 1.74. The minimum Gasteiger partial charge on any atom is -0.459 e. The molecule has 0 atom stereocenters. The molecule has 0 aliphatic carbocycles. The Hall–Kier alpha value is -2.50. The summed E-state index contributed by atoms with van der Waals surface area (Å²) in [5.74, 6) is 0.674. The monoisotopic (exact) mass is 246 g/mol. The quantitative estimate of drug-likeness (QED) is 0.687. The maximum Gasteiger partial charge on any atom is 0.287 e. The van der Waals surface area contributed by atoms with Gasteiger partial charge in [0, 0.05) is 19.3 Å². The SMILES string of the molecule is Nc1cccnc1NCCNC(=O)c1ccco1. The summed E-state index contributed by atoms with van der Waals surface area (Å²) in [4.78, 5) is 15.6. The van der Waals surface area contributed by atoms with E-state index in [0.29, 0.717) is 30.4 Å². The summed E-state index contributed by atoms with van der Waals surface area (Å²) in [6.07, 6.45) is 3.11. The van der Waals surface area contributed by atoms with Gasteiger partial charge in [0.05, 0.1) is 12.0 Å². The molecule has 0 saturated heterocycles. The highest BCUT2D eigenvalue weighted by Crippen LogP contribution is 2.11. The molecule has 0 radical (unpaired) electrons. The number of anilines is 2. The van der Waals surface area contributed by atoms with E-state index in [1.807, 2.05) is 0 Å². The van der Waals surface area contributed by atoms with E-state index in [1.54, 1.807) is 30.5 Å². The zero-order valence-corrected chi connectivity index (χ0v) is 9.72. The summed E-state index contributed by atoms with van der Waals surface area (Å²) in [5.41, 5.74) is 6.29. The molecule has 4 N–H and O–H groups in total. The van der Waals surface area contributed by atoms with Crippen molar-refractivity contribution in [3.05, 3.63) is 42.5 Å². The highest BCUT2D eigenvalue weighted by Gasteiger charge is 2.06. The van der Waals surface area contributed by atoms with Crippen molar-refractivity contribution in [3.63, 3.8) is 0 Å². The van der Waals surface area contributed by atoms with Gasteiger partial charge in [0.2, 0.25) is 0 Å². The Labute approximate surface area is 104 Å². The number of carbonyl (C=O) groups excluding carboxylic acids is 1. The molecule has 6 nitrogen and oxygen atoms in total. The first-order valence-electron chi connectivity index (χ1n) is 5.53. The predicted molar refractivity (Wildman–Crippen MR) is 68.2 cm³/mol. The maximum absolute atomic E-state index is 11.5. The van der Waals surface area contributed by atoms with Crippen LogP contribution in [-0.2, 0) is 0 Å². The van der Waals surface area contributed by atoms with Crippen molar-refractivity contribution < 1.29 is 9.21 Å². The minimum absolute atomic E-state index is 0.240. The molecule has 0 bridgehead atoms. The van der Waals surface area contributed by atoms with E-state index in [0.717, 1.165) is 0 Å². The lowest BCUT2D eigenvalue weighted by atomic mass is 10.4. The van der Waals surface area contributed by atoms with Crippen LogP contribution in [0.25, 0.3) is 0 Å². The number of carbonyl (C=O) groups is 1. The number of amides is 1. The van der Waals surface area contributed by atoms with Crippen molar-refractivity contribution in [2.24, 2.45) is 0 Å². The normalized spacial score (nSPS) is 10.0. The topological polar surface area (TPSA) is 93.2 Å². The van der Waals surface area contributed by atoms with Crippen LogP contribution in [0.5, 0.6) is 0 Å². The second kappa shape index (κ2) is 5.72. The van der Waals surface area contributed by atoms with E-state index < -0.39 is 0 Å². The van der Waals surface area contributed by atoms with Gasteiger partial charge in [0.25, 0.3) is 5.91 Å². The van der Waals surface area contributed by atoms with Gasteiger partial charge in [0.1, 0.15) is 5.82 Å². The largest absolute Gasteiger partial charge is 0.459 e. The third-order valence-electron chi connectivity index (χ3n) is 2.29. The van der Waals surface area contributed by atoms with Gasteiger partial charge in [-0.3, -0.25) is 4.79 Å². The number of aromatic nitrogens is 1. The number of pyridine rings is 1. The van der Waals surface area contributed by atoms with Crippen LogP contribution in [0.15, 0.2) is 41.1 Å². The van der Waals surface area contributed by atoms with Crippen LogP contribution in [0.1, 0.15) is 10.6 Å². The molecular weight excluding hydrogens is 232 g/mol. The average Bonchev–Trinajstić information content (AvgIpc) is 2.90. The number of rotatable bonds is 5. The summed E-state index contributed by atoms with van der Waals surface area (Å²) in [6.45, 7) is 0.989. The number of hydrogen-bond acceptors (Lipinski definition) is 5. The van der Waals surface area contributed by atoms with Gasteiger partial charge in [-0.1, -0.05) is 0 Å². The molecule has 94 valence electrons. The predicted octanol–water partition coefficient (Wildman–Crippen LogP) is 1.10. The van der Waals surface area contributed by atoms with Crippen LogP contribution in [0.4, 0.5) is 11.5 Å². The van der Waals surface area contributed by atoms with E-state index in [-0.39, 0.29) is 5.91 Å². The van der Waals surface area contributed by atoms with Crippen LogP contribution in [0.2, 0.25) is 0 Å². The Morgan fingerprint density at radius 3 is 2.94 bits per heavy atom. The summed E-state index contributed by atoms with van der Waals surface area (Å²) < 4.78 is 4.96. The summed E-state index contributed by atoms with van der Waals surface area (Å²) >= 11 is 0. The van der Waals surface area contributed by atoms with Gasteiger partial charge >= 0.3 is 0 Å². The molecule has 6 heteroatoms. The van der Waals surface area contributed by atoms with E-state index in [2.05, 4.69) is 15.6 Å². The second-order valence-electron chi connectivity index (χ2n) is 3.60. The Bertz CT molecular complexity index is 511. The molecule has 0 unspecified atom stereocenters. The number of nitrogens with zero attached hydrogens (tertiary/aromatic N) is 1. The van der Waals surface area contributed by atoms with Crippen molar-refractivity contribution in [2.45, 2.75) is 0 Å². The molecule has 0 aliphatic heterocycles. The van der Waals surface area contributed by atoms with Crippen LogP contribution in [-0.4, -0.2) is 24.0 Å². The molecule has 2 rings (SSSR count). The Morgan fingerprint density at radius 2 is 2.22 bits per heavy atom. The molecule has 1 amide bonds. The molecule has 0 saturated carbocycles. The molecule has 2 aromatic rings. The van der Waals surface area contributed by atoms with E-state index in [4.69, 9.17) is 10.2 Å². The Kier molecular flexibility index (Phi) is 3.80. The fourth-order valence-corrected chi connectivity index (χ4v) is 1.42. The molecule has 2 aromatic heterocycles. The first-order chi connectivity index (χ1) is 8.77. The van der Waals surface area contributed by atoms with E-state index >= 15 is 0 Å². The molecule has 0 fully saturated rings. The maximum atomic E-state index is 11.5. The number of nitrogens with two attached hydrogens (primary N) is 1. The highest BCUT2D eigenvalue weighted by atomic mass is 16.3. The second-order valence-corrected chi connectivity index (χ2v) is 3.60. The third-order valence-corrected chi connectivity index (χ3v) is 2.29. The van der Waals surface area contributed by atoms with E-state index in [1.165, 1.54) is 6.26 Å². The van der Waals surface area contributed by atoms with Gasteiger partial charge in [-0.05, 0) is 24.3 Å². The zero-order valence-electron chi connectivity index (χ0n) is 9.72. The zero-order chi connectivity index (χ0) is 12.8. The first-order valence-corrected chi connectivity index (χ1v) is 5.53. The molecule has 0 spiro atoms. The molecule has 18 heavy (non-hydrogen) atoms. The van der Waals surface area contributed by atoms with Crippen LogP contribution >= 0.6 is 0 Å². The van der Waals surface area contributed by atoms with Gasteiger partial charge in [-0.25, -0.2) is 4.98 Å². The van der Waals surface area contributed by atoms with Gasteiger partial charge in [-0.2, -0.15) is 0 Å². The number of hydrogen-bond donors (Lipinski definition) is 3. The van der Waals surface area contributed by atoms with Crippen LogP contribution < -0.4 is 16.4 Å². The van der Waals surface area contributed by atoms with Crippen molar-refractivity contribution in [2.75, 3.05) is 24.1 Å². The van der Waals surface area contributed by atoms with Crippen LogP contribution in [0, 0.1) is 0 Å². The van der Waals surface area contributed by atoms with Crippen molar-refractivity contribution >= 4 is 17.4 Å². The lowest BCUT2D eigenvalue weighted by Crippen LogP contribution is -2.28. The number of furan rings is 1. The fourth-order valence-electron chi connectivity index (χ4n) is 1.42. The lowest BCUT2D eigenvalue weighted by molar-refractivity contribution is 0.0927. The molecule has 0 aliphatic rings. The van der Waals surface area contributed by atoms with Crippen molar-refractivity contribution in [3.8, 4) is 0 Å². The molecule has 0 aromatic carbocycles. The molecular formula is C12H14N4O2. The van der Waals surface area contributed by atoms with Crippen LogP contribution in [0.3, 0.4) is 0 Å². The minimum atomic E-state index is -0.240. The number of nitrogen functional groups attached to an aromatic ring is 1. The molecule has 2 heterocycles. The summed E-state index contributed by atoms with van der Waals surface area (Å²) in [7, 11) is 0. The third kappa shape index (κ3) is 3.00. The fraction of sp³-hybridized carbons (Fsp3) is 0.167. The van der Waals surface area contributed by atoms with E-state index in [9.17, 15) is 4.79 Å². The Morgan fingerprint density at radius 1 is 1.33 bits per heavy atom. The smallest absolute Gasteiger partial charge is 0.287 e. The summed E-state index contributed by atoms with van der Waals surface area (Å²) in [6, 6.07) is 6.80. The van der Waals surface area contributed by atoms with Gasteiger partial charge in [0.15, 0.2) is 5.76 Å². The van der Waals surface area contributed by atoms with Gasteiger partial charge < -0.3 is 20.8 Å².